The average Bonchev–Trinajstić information content (AvgIpc) is 2.43. The van der Waals surface area contributed by atoms with Crippen molar-refractivity contribution in [3.8, 4) is 0 Å². The molecule has 94 valence electrons. The third kappa shape index (κ3) is 2.87. The zero-order valence-electron chi connectivity index (χ0n) is 10.6. The van der Waals surface area contributed by atoms with Crippen molar-refractivity contribution < 1.29 is 15.3 Å². The van der Waals surface area contributed by atoms with Gasteiger partial charge in [0.1, 0.15) is 6.04 Å². The summed E-state index contributed by atoms with van der Waals surface area (Å²) in [5.41, 5.74) is 5.28. The van der Waals surface area contributed by atoms with Gasteiger partial charge in [-0.05, 0) is 16.8 Å². The van der Waals surface area contributed by atoms with Gasteiger partial charge in [0.2, 0.25) is 0 Å². The molecule has 18 heavy (non-hydrogen) atoms. The van der Waals surface area contributed by atoms with E-state index in [0.29, 0.717) is 12.8 Å². The van der Waals surface area contributed by atoms with Gasteiger partial charge in [-0.1, -0.05) is 36.4 Å². The topological polar surface area (TPSA) is 53.9 Å². The average molecular weight is 244 g/mol. The molecule has 0 aromatic heterocycles. The molecule has 2 aromatic rings. The van der Waals surface area contributed by atoms with E-state index in [1.165, 1.54) is 17.9 Å². The van der Waals surface area contributed by atoms with Crippen molar-refractivity contribution in [1.82, 2.24) is 0 Å². The van der Waals surface area contributed by atoms with Crippen LogP contribution in [0.15, 0.2) is 42.5 Å². The van der Waals surface area contributed by atoms with E-state index in [2.05, 4.69) is 40.8 Å². The number of ether oxygens (including phenoxy) is 1. The van der Waals surface area contributed by atoms with E-state index < -0.39 is 0 Å². The Labute approximate surface area is 107 Å². The molecule has 1 atom stereocenters. The van der Waals surface area contributed by atoms with Gasteiger partial charge in [-0.25, -0.2) is 0 Å². The van der Waals surface area contributed by atoms with Crippen molar-refractivity contribution in [2.24, 2.45) is 0 Å². The summed E-state index contributed by atoms with van der Waals surface area (Å²) in [6.45, 7) is 0. The summed E-state index contributed by atoms with van der Waals surface area (Å²) in [5, 5.41) is 2.43. The summed E-state index contributed by atoms with van der Waals surface area (Å²) in [4.78, 5) is 11.1. The molecule has 0 heterocycles. The van der Waals surface area contributed by atoms with Gasteiger partial charge < -0.3 is 10.5 Å². The Kier molecular flexibility index (Phi) is 3.95. The lowest BCUT2D eigenvalue weighted by Crippen LogP contribution is -2.53. The Hall–Kier alpha value is -1.87. The molecule has 3 heteroatoms. The van der Waals surface area contributed by atoms with Gasteiger partial charge in [-0.3, -0.25) is 4.79 Å². The van der Waals surface area contributed by atoms with Crippen molar-refractivity contribution in [3.63, 3.8) is 0 Å². The van der Waals surface area contributed by atoms with Crippen LogP contribution in [0.4, 0.5) is 0 Å². The van der Waals surface area contributed by atoms with Crippen molar-refractivity contribution in [2.45, 2.75) is 18.9 Å². The fraction of sp³-hybridized carbons (Fsp3) is 0.267. The molecule has 0 saturated carbocycles. The maximum Gasteiger partial charge on any atom is 0.305 e. The van der Waals surface area contributed by atoms with Crippen molar-refractivity contribution in [3.05, 3.63) is 48.0 Å². The van der Waals surface area contributed by atoms with E-state index in [9.17, 15) is 4.79 Å². The molecule has 3 N–H and O–H groups in total. The maximum absolute atomic E-state index is 11.1. The summed E-state index contributed by atoms with van der Waals surface area (Å²) in [6, 6.07) is 14.7. The standard InChI is InChI=1S/C15H17NO2/c1-18-15(17)9-8-14(16)13-7-6-11-4-2-3-5-12(11)10-13/h2-7,10,14H,8-9,16H2,1H3/p+1/t14-/m0/s1. The summed E-state index contributed by atoms with van der Waals surface area (Å²) in [5.74, 6) is -0.176. The fourth-order valence-corrected chi connectivity index (χ4v) is 2.02. The summed E-state index contributed by atoms with van der Waals surface area (Å²) in [7, 11) is 1.41. The van der Waals surface area contributed by atoms with Crippen LogP contribution in [0.2, 0.25) is 0 Å². The lowest BCUT2D eigenvalue weighted by Gasteiger charge is -2.09. The Morgan fingerprint density at radius 2 is 1.94 bits per heavy atom. The van der Waals surface area contributed by atoms with Crippen LogP contribution in [0.5, 0.6) is 0 Å². The maximum atomic E-state index is 11.1. The van der Waals surface area contributed by atoms with Crippen LogP contribution in [-0.2, 0) is 9.53 Å². The molecule has 0 bridgehead atoms. The SMILES string of the molecule is COC(=O)CC[C@H]([NH3+])c1ccc2ccccc2c1. The van der Waals surface area contributed by atoms with E-state index in [1.54, 1.807) is 0 Å². The van der Waals surface area contributed by atoms with E-state index in [1.807, 2.05) is 12.1 Å². The summed E-state index contributed by atoms with van der Waals surface area (Å²) < 4.78 is 4.64. The van der Waals surface area contributed by atoms with E-state index >= 15 is 0 Å². The predicted molar refractivity (Wildman–Crippen MR) is 70.8 cm³/mol. The molecule has 0 fully saturated rings. The van der Waals surface area contributed by atoms with Crippen molar-refractivity contribution in [2.75, 3.05) is 7.11 Å². The molecule has 2 aromatic carbocycles. The Balaban J connectivity index is 2.12. The Morgan fingerprint density at radius 1 is 1.22 bits per heavy atom. The molecular weight excluding hydrogens is 226 g/mol. The van der Waals surface area contributed by atoms with Gasteiger partial charge in [-0.15, -0.1) is 0 Å². The highest BCUT2D eigenvalue weighted by molar-refractivity contribution is 5.83. The second kappa shape index (κ2) is 5.65. The molecule has 0 amide bonds. The molecule has 0 aliphatic rings. The Bertz CT molecular complexity index is 551. The fourth-order valence-electron chi connectivity index (χ4n) is 2.02. The molecule has 3 nitrogen and oxygen atoms in total. The largest absolute Gasteiger partial charge is 0.469 e. The van der Waals surface area contributed by atoms with Crippen LogP contribution in [0, 0.1) is 0 Å². The number of quaternary nitrogens is 1. The number of carbonyl (C=O) groups excluding carboxylic acids is 1. The molecule has 0 saturated heterocycles. The minimum Gasteiger partial charge on any atom is -0.469 e. The predicted octanol–water partition coefficient (Wildman–Crippen LogP) is 2.08. The van der Waals surface area contributed by atoms with E-state index in [-0.39, 0.29) is 12.0 Å². The van der Waals surface area contributed by atoms with Crippen LogP contribution in [0.3, 0.4) is 0 Å². The first-order valence-corrected chi connectivity index (χ1v) is 6.09. The molecule has 0 radical (unpaired) electrons. The zero-order valence-corrected chi connectivity index (χ0v) is 10.6. The molecule has 0 unspecified atom stereocenters. The second-order valence-electron chi connectivity index (χ2n) is 4.42. The van der Waals surface area contributed by atoms with Crippen molar-refractivity contribution >= 4 is 16.7 Å². The summed E-state index contributed by atoms with van der Waals surface area (Å²) >= 11 is 0. The number of rotatable bonds is 4. The lowest BCUT2D eigenvalue weighted by atomic mass is 9.99. The Morgan fingerprint density at radius 3 is 2.67 bits per heavy atom. The second-order valence-corrected chi connectivity index (χ2v) is 4.42. The first kappa shape index (κ1) is 12.6. The van der Waals surface area contributed by atoms with Crippen LogP contribution < -0.4 is 5.73 Å². The molecular formula is C15H18NO2+. The highest BCUT2D eigenvalue weighted by Crippen LogP contribution is 2.20. The number of hydrogen-bond acceptors (Lipinski definition) is 2. The minimum atomic E-state index is -0.176. The first-order valence-electron chi connectivity index (χ1n) is 6.09. The molecule has 2 rings (SSSR count). The highest BCUT2D eigenvalue weighted by Gasteiger charge is 2.12. The van der Waals surface area contributed by atoms with E-state index in [0.717, 1.165) is 5.56 Å². The third-order valence-electron chi connectivity index (χ3n) is 3.17. The van der Waals surface area contributed by atoms with Crippen LogP contribution in [-0.4, -0.2) is 13.1 Å². The van der Waals surface area contributed by atoms with Gasteiger partial charge >= 0.3 is 5.97 Å². The number of fused-ring (bicyclic) bond motifs is 1. The first-order chi connectivity index (χ1) is 8.70. The number of carbonyl (C=O) groups is 1. The van der Waals surface area contributed by atoms with Crippen LogP contribution >= 0.6 is 0 Å². The van der Waals surface area contributed by atoms with Gasteiger partial charge in [0.25, 0.3) is 0 Å². The van der Waals surface area contributed by atoms with Gasteiger partial charge in [-0.2, -0.15) is 0 Å². The molecule has 0 aliphatic heterocycles. The molecule has 0 aliphatic carbocycles. The monoisotopic (exact) mass is 244 g/mol. The minimum absolute atomic E-state index is 0.119. The number of esters is 1. The third-order valence-corrected chi connectivity index (χ3v) is 3.17. The summed E-state index contributed by atoms with van der Waals surface area (Å²) in [6.07, 6.45) is 1.13. The normalized spacial score (nSPS) is 12.3. The van der Waals surface area contributed by atoms with Crippen LogP contribution in [0.25, 0.3) is 10.8 Å². The van der Waals surface area contributed by atoms with Crippen molar-refractivity contribution in [1.29, 1.82) is 0 Å². The number of hydrogen-bond donors (Lipinski definition) is 1. The zero-order chi connectivity index (χ0) is 13.0. The van der Waals surface area contributed by atoms with Gasteiger partial charge in [0, 0.05) is 12.0 Å². The number of methoxy groups -OCH3 is 1. The quantitative estimate of drug-likeness (QED) is 0.837. The van der Waals surface area contributed by atoms with Gasteiger partial charge in [0.05, 0.1) is 13.5 Å². The van der Waals surface area contributed by atoms with Crippen LogP contribution in [0.1, 0.15) is 24.4 Å². The smallest absolute Gasteiger partial charge is 0.305 e. The van der Waals surface area contributed by atoms with Gasteiger partial charge in [0.15, 0.2) is 0 Å². The molecule has 0 spiro atoms. The lowest BCUT2D eigenvalue weighted by molar-refractivity contribution is -0.427. The van der Waals surface area contributed by atoms with E-state index in [4.69, 9.17) is 0 Å². The highest BCUT2D eigenvalue weighted by atomic mass is 16.5. The number of benzene rings is 2.